The number of nitrogens with one attached hydrogen (secondary N) is 2. The van der Waals surface area contributed by atoms with Gasteiger partial charge in [-0.05, 0) is 48.7 Å². The van der Waals surface area contributed by atoms with Crippen molar-refractivity contribution in [3.63, 3.8) is 0 Å². The zero-order chi connectivity index (χ0) is 18.6. The molecule has 7 heteroatoms. The summed E-state index contributed by atoms with van der Waals surface area (Å²) in [5.41, 5.74) is 4.02. The van der Waals surface area contributed by atoms with Crippen LogP contribution >= 0.6 is 0 Å². The predicted octanol–water partition coefficient (Wildman–Crippen LogP) is 2.43. The van der Waals surface area contributed by atoms with E-state index in [0.717, 1.165) is 36.7 Å². The third kappa shape index (κ3) is 4.35. The van der Waals surface area contributed by atoms with E-state index in [4.69, 9.17) is 0 Å². The summed E-state index contributed by atoms with van der Waals surface area (Å²) in [7, 11) is -1.64. The molecule has 26 heavy (non-hydrogen) atoms. The van der Waals surface area contributed by atoms with Gasteiger partial charge in [0.25, 0.3) is 0 Å². The molecular weight excluding hydrogens is 348 g/mol. The molecule has 2 aromatic carbocycles. The summed E-state index contributed by atoms with van der Waals surface area (Å²) in [6, 6.07) is 15.9. The van der Waals surface area contributed by atoms with Crippen LogP contribution in [-0.2, 0) is 16.4 Å². The molecule has 0 saturated carbocycles. The van der Waals surface area contributed by atoms with Crippen LogP contribution in [0.3, 0.4) is 0 Å². The Morgan fingerprint density at radius 1 is 1.08 bits per heavy atom. The monoisotopic (exact) mass is 372 g/mol. The van der Waals surface area contributed by atoms with Crippen LogP contribution in [0.25, 0.3) is 0 Å². The lowest BCUT2D eigenvalue weighted by Gasteiger charge is -2.18. The second kappa shape index (κ2) is 7.78. The van der Waals surface area contributed by atoms with Crippen molar-refractivity contribution < 1.29 is 8.42 Å². The first-order valence-corrected chi connectivity index (χ1v) is 10.3. The Kier molecular flexibility index (Phi) is 5.46. The van der Waals surface area contributed by atoms with Crippen molar-refractivity contribution in [3.05, 3.63) is 59.7 Å². The van der Waals surface area contributed by atoms with Gasteiger partial charge in [0.1, 0.15) is 0 Å². The summed E-state index contributed by atoms with van der Waals surface area (Å²) < 4.78 is 25.2. The third-order valence-electron chi connectivity index (χ3n) is 4.38. The smallest absolute Gasteiger partial charge is 0.234 e. The van der Waals surface area contributed by atoms with Crippen molar-refractivity contribution in [1.82, 2.24) is 5.32 Å². The Balaban J connectivity index is 1.63. The van der Waals surface area contributed by atoms with E-state index in [1.807, 2.05) is 36.4 Å². The molecule has 0 radical (unpaired) electrons. The molecule has 0 aromatic heterocycles. The number of anilines is 2. The minimum Gasteiger partial charge on any atom is -0.354 e. The number of benzene rings is 2. The van der Waals surface area contributed by atoms with Crippen LogP contribution in [0.4, 0.5) is 11.4 Å². The number of aliphatic imine (C=N–C) groups is 1. The van der Waals surface area contributed by atoms with E-state index in [0.29, 0.717) is 5.69 Å². The van der Waals surface area contributed by atoms with E-state index in [2.05, 4.69) is 27.8 Å². The number of nitrogens with zero attached hydrogens (tertiary/aromatic N) is 2. The van der Waals surface area contributed by atoms with Gasteiger partial charge < -0.3 is 10.6 Å². The SMILES string of the molecule is CCS(=O)(=O)N(C)c1ccc(Cc2ccc(NC3=NCCN3)cc2)cc1. The molecule has 1 heterocycles. The lowest BCUT2D eigenvalue weighted by Crippen LogP contribution is -2.27. The summed E-state index contributed by atoms with van der Waals surface area (Å²) in [6.07, 6.45) is 0.796. The highest BCUT2D eigenvalue weighted by molar-refractivity contribution is 7.92. The van der Waals surface area contributed by atoms with Crippen LogP contribution in [0.15, 0.2) is 53.5 Å². The molecule has 3 rings (SSSR count). The van der Waals surface area contributed by atoms with Crippen molar-refractivity contribution in [3.8, 4) is 0 Å². The zero-order valence-corrected chi connectivity index (χ0v) is 15.9. The van der Waals surface area contributed by atoms with Crippen molar-refractivity contribution in [2.24, 2.45) is 4.99 Å². The van der Waals surface area contributed by atoms with E-state index < -0.39 is 10.0 Å². The Hall–Kier alpha value is -2.54. The van der Waals surface area contributed by atoms with Gasteiger partial charge in [-0.1, -0.05) is 24.3 Å². The second-order valence-electron chi connectivity index (χ2n) is 6.19. The molecule has 6 nitrogen and oxygen atoms in total. The summed E-state index contributed by atoms with van der Waals surface area (Å²) in [6.45, 7) is 3.34. The van der Waals surface area contributed by atoms with Crippen LogP contribution in [0.2, 0.25) is 0 Å². The van der Waals surface area contributed by atoms with Gasteiger partial charge in [-0.3, -0.25) is 9.30 Å². The third-order valence-corrected chi connectivity index (χ3v) is 6.16. The van der Waals surface area contributed by atoms with Gasteiger partial charge in [0, 0.05) is 19.3 Å². The average molecular weight is 372 g/mol. The highest BCUT2D eigenvalue weighted by Gasteiger charge is 2.15. The van der Waals surface area contributed by atoms with Crippen LogP contribution in [0.1, 0.15) is 18.1 Å². The average Bonchev–Trinajstić information content (AvgIpc) is 3.16. The van der Waals surface area contributed by atoms with Gasteiger partial charge in [0.15, 0.2) is 5.96 Å². The minimum absolute atomic E-state index is 0.0909. The second-order valence-corrected chi connectivity index (χ2v) is 8.48. The maximum absolute atomic E-state index is 11.9. The fourth-order valence-corrected chi connectivity index (χ4v) is 3.57. The van der Waals surface area contributed by atoms with Crippen molar-refractivity contribution in [1.29, 1.82) is 0 Å². The lowest BCUT2D eigenvalue weighted by atomic mass is 10.0. The molecule has 0 atom stereocenters. The van der Waals surface area contributed by atoms with Crippen molar-refractivity contribution in [2.75, 3.05) is 35.5 Å². The Morgan fingerprint density at radius 2 is 1.69 bits per heavy atom. The molecule has 0 unspecified atom stereocenters. The molecule has 2 N–H and O–H groups in total. The van der Waals surface area contributed by atoms with Gasteiger partial charge in [-0.2, -0.15) is 0 Å². The van der Waals surface area contributed by atoms with E-state index in [-0.39, 0.29) is 5.75 Å². The number of guanidine groups is 1. The molecule has 0 spiro atoms. The van der Waals surface area contributed by atoms with Gasteiger partial charge in [0.05, 0.1) is 18.0 Å². The standard InChI is InChI=1S/C19H24N4O2S/c1-3-26(24,25)23(2)18-10-6-16(7-11-18)14-15-4-8-17(9-5-15)22-19-20-12-13-21-19/h4-11H,3,12-14H2,1-2H3,(H2,20,21,22). The molecule has 1 aliphatic rings. The molecule has 1 aliphatic heterocycles. The number of hydrogen-bond acceptors (Lipinski definition) is 5. The Labute approximate surface area is 155 Å². The Bertz CT molecular complexity index is 875. The first kappa shape index (κ1) is 18.3. The molecule has 138 valence electrons. The van der Waals surface area contributed by atoms with Crippen LogP contribution < -0.4 is 14.9 Å². The van der Waals surface area contributed by atoms with Crippen LogP contribution in [-0.4, -0.2) is 40.3 Å². The predicted molar refractivity (Wildman–Crippen MR) is 107 cm³/mol. The number of rotatable bonds is 6. The van der Waals surface area contributed by atoms with Crippen LogP contribution in [0.5, 0.6) is 0 Å². The lowest BCUT2D eigenvalue weighted by molar-refractivity contribution is 0.595. The number of sulfonamides is 1. The summed E-state index contributed by atoms with van der Waals surface area (Å²) in [4.78, 5) is 4.31. The first-order valence-electron chi connectivity index (χ1n) is 8.68. The Morgan fingerprint density at radius 3 is 2.23 bits per heavy atom. The highest BCUT2D eigenvalue weighted by atomic mass is 32.2. The van der Waals surface area contributed by atoms with Gasteiger partial charge in [-0.25, -0.2) is 8.42 Å². The topological polar surface area (TPSA) is 73.8 Å². The molecule has 0 saturated heterocycles. The van der Waals surface area contributed by atoms with Gasteiger partial charge >= 0.3 is 0 Å². The molecule has 2 aromatic rings. The highest BCUT2D eigenvalue weighted by Crippen LogP contribution is 2.19. The maximum atomic E-state index is 11.9. The minimum atomic E-state index is -3.23. The molecule has 0 bridgehead atoms. The van der Waals surface area contributed by atoms with E-state index in [1.54, 1.807) is 14.0 Å². The zero-order valence-electron chi connectivity index (χ0n) is 15.1. The maximum Gasteiger partial charge on any atom is 0.234 e. The number of hydrogen-bond donors (Lipinski definition) is 2. The quantitative estimate of drug-likeness (QED) is 0.817. The van der Waals surface area contributed by atoms with E-state index in [9.17, 15) is 8.42 Å². The van der Waals surface area contributed by atoms with E-state index >= 15 is 0 Å². The van der Waals surface area contributed by atoms with Crippen molar-refractivity contribution in [2.45, 2.75) is 13.3 Å². The van der Waals surface area contributed by atoms with Crippen molar-refractivity contribution >= 4 is 27.4 Å². The summed E-state index contributed by atoms with van der Waals surface area (Å²) in [5.74, 6) is 0.910. The largest absolute Gasteiger partial charge is 0.354 e. The normalized spacial score (nSPS) is 13.8. The van der Waals surface area contributed by atoms with E-state index in [1.165, 1.54) is 9.87 Å². The fraction of sp³-hybridized carbons (Fsp3) is 0.316. The summed E-state index contributed by atoms with van der Waals surface area (Å²) >= 11 is 0. The van der Waals surface area contributed by atoms with Gasteiger partial charge in [0.2, 0.25) is 10.0 Å². The molecule has 0 amide bonds. The fourth-order valence-electron chi connectivity index (χ4n) is 2.74. The molecule has 0 fully saturated rings. The molecular formula is C19H24N4O2S. The van der Waals surface area contributed by atoms with Crippen LogP contribution in [0, 0.1) is 0 Å². The first-order chi connectivity index (χ1) is 12.5. The summed E-state index contributed by atoms with van der Waals surface area (Å²) in [5, 5.41) is 6.43. The van der Waals surface area contributed by atoms with Gasteiger partial charge in [-0.15, -0.1) is 0 Å². The molecule has 0 aliphatic carbocycles.